The molecule has 0 atom stereocenters. The number of pyridine rings is 1. The van der Waals surface area contributed by atoms with Gasteiger partial charge in [-0.15, -0.1) is 0 Å². The van der Waals surface area contributed by atoms with Crippen molar-refractivity contribution in [3.05, 3.63) is 22.9 Å². The quantitative estimate of drug-likeness (QED) is 0.799. The summed E-state index contributed by atoms with van der Waals surface area (Å²) < 4.78 is 5.66. The molecule has 0 spiro atoms. The predicted molar refractivity (Wildman–Crippen MR) is 87.9 cm³/mol. The molecule has 21 heavy (non-hydrogen) atoms. The monoisotopic (exact) mass is 291 g/mol. The minimum absolute atomic E-state index is 0.279. The van der Waals surface area contributed by atoms with Crippen LogP contribution in [0.1, 0.15) is 43.5 Å². The molecule has 0 aromatic carbocycles. The van der Waals surface area contributed by atoms with Crippen LogP contribution < -0.4 is 10.2 Å². The summed E-state index contributed by atoms with van der Waals surface area (Å²) in [6, 6.07) is 2.89. The van der Waals surface area contributed by atoms with E-state index in [0.717, 1.165) is 31.2 Å². The Kier molecular flexibility index (Phi) is 5.59. The van der Waals surface area contributed by atoms with Gasteiger partial charge in [0, 0.05) is 37.4 Å². The van der Waals surface area contributed by atoms with E-state index in [1.165, 1.54) is 24.0 Å². The molecule has 1 heterocycles. The molecule has 1 N–H and O–H groups in total. The molecule has 0 amide bonds. The van der Waals surface area contributed by atoms with Crippen molar-refractivity contribution >= 4 is 5.82 Å². The highest BCUT2D eigenvalue weighted by atomic mass is 16.5. The van der Waals surface area contributed by atoms with Crippen LogP contribution in [0.15, 0.2) is 6.07 Å². The molecular formula is C17H29N3O. The fourth-order valence-electron chi connectivity index (χ4n) is 2.44. The van der Waals surface area contributed by atoms with Crippen LogP contribution in [-0.4, -0.2) is 37.3 Å². The molecule has 1 aromatic heterocycles. The summed E-state index contributed by atoms with van der Waals surface area (Å²) in [5.41, 5.74) is 3.72. The topological polar surface area (TPSA) is 37.4 Å². The number of aryl methyl sites for hydroxylation is 2. The molecule has 0 unspecified atom stereocenters. The summed E-state index contributed by atoms with van der Waals surface area (Å²) in [7, 11) is 2.10. The molecule has 0 radical (unpaired) electrons. The Morgan fingerprint density at radius 2 is 2.10 bits per heavy atom. The average molecular weight is 291 g/mol. The van der Waals surface area contributed by atoms with Gasteiger partial charge in [-0.05, 0) is 52.2 Å². The number of aromatic nitrogens is 1. The average Bonchev–Trinajstić information content (AvgIpc) is 3.20. The first-order valence-electron chi connectivity index (χ1n) is 8.00. The first-order valence-corrected chi connectivity index (χ1v) is 8.00. The Morgan fingerprint density at radius 3 is 2.71 bits per heavy atom. The van der Waals surface area contributed by atoms with Crippen LogP contribution in [0.3, 0.4) is 0 Å². The molecule has 0 bridgehead atoms. The first kappa shape index (κ1) is 16.2. The van der Waals surface area contributed by atoms with E-state index in [1.54, 1.807) is 0 Å². The summed E-state index contributed by atoms with van der Waals surface area (Å²) in [5, 5.41) is 3.60. The van der Waals surface area contributed by atoms with Crippen molar-refractivity contribution in [2.75, 3.05) is 25.1 Å². The predicted octanol–water partition coefficient (Wildman–Crippen LogP) is 2.81. The van der Waals surface area contributed by atoms with Crippen LogP contribution in [0.2, 0.25) is 0 Å². The highest BCUT2D eigenvalue weighted by molar-refractivity contribution is 5.51. The van der Waals surface area contributed by atoms with Crippen LogP contribution in [-0.2, 0) is 11.3 Å². The second-order valence-electron chi connectivity index (χ2n) is 6.38. The van der Waals surface area contributed by atoms with E-state index in [0.29, 0.717) is 6.04 Å². The zero-order valence-corrected chi connectivity index (χ0v) is 14.1. The summed E-state index contributed by atoms with van der Waals surface area (Å²) in [6.07, 6.45) is 2.90. The molecule has 1 saturated carbocycles. The third-order valence-electron chi connectivity index (χ3n) is 3.84. The van der Waals surface area contributed by atoms with Gasteiger partial charge in [-0.3, -0.25) is 0 Å². The third-order valence-corrected chi connectivity index (χ3v) is 3.84. The standard InChI is InChI=1S/C17H29N3O/c1-12(2)21-9-8-20(5)17-16(11-18-15-6-7-15)13(3)10-14(4)19-17/h10,12,15,18H,6-9,11H2,1-5H3. The van der Waals surface area contributed by atoms with Crippen LogP contribution >= 0.6 is 0 Å². The van der Waals surface area contributed by atoms with Crippen molar-refractivity contribution in [3.63, 3.8) is 0 Å². The molecular weight excluding hydrogens is 262 g/mol. The molecule has 1 aliphatic carbocycles. The number of hydrogen-bond acceptors (Lipinski definition) is 4. The smallest absolute Gasteiger partial charge is 0.133 e. The Morgan fingerprint density at radius 1 is 1.38 bits per heavy atom. The molecule has 4 nitrogen and oxygen atoms in total. The Hall–Kier alpha value is -1.13. The summed E-state index contributed by atoms with van der Waals surface area (Å²) in [5.74, 6) is 1.09. The van der Waals surface area contributed by atoms with Crippen LogP contribution in [0.25, 0.3) is 0 Å². The largest absolute Gasteiger partial charge is 0.377 e. The Labute approximate surface area is 128 Å². The number of likely N-dealkylation sites (N-methyl/N-ethyl adjacent to an activating group) is 1. The first-order chi connectivity index (χ1) is 9.97. The Balaban J connectivity index is 2.06. The van der Waals surface area contributed by atoms with Crippen LogP contribution in [0.4, 0.5) is 5.82 Å². The van der Waals surface area contributed by atoms with E-state index in [1.807, 2.05) is 0 Å². The maximum Gasteiger partial charge on any atom is 0.133 e. The maximum absolute atomic E-state index is 5.66. The van der Waals surface area contributed by atoms with Gasteiger partial charge < -0.3 is 15.0 Å². The minimum Gasteiger partial charge on any atom is -0.377 e. The zero-order valence-electron chi connectivity index (χ0n) is 14.1. The second-order valence-corrected chi connectivity index (χ2v) is 6.38. The number of rotatable bonds is 8. The van der Waals surface area contributed by atoms with Gasteiger partial charge >= 0.3 is 0 Å². The Bertz CT molecular complexity index is 469. The van der Waals surface area contributed by atoms with Gasteiger partial charge in [-0.1, -0.05) is 0 Å². The van der Waals surface area contributed by atoms with Crippen molar-refractivity contribution in [1.82, 2.24) is 10.3 Å². The molecule has 1 aliphatic rings. The molecule has 4 heteroatoms. The van der Waals surface area contributed by atoms with Gasteiger partial charge in [-0.25, -0.2) is 4.98 Å². The molecule has 2 rings (SSSR count). The fourth-order valence-corrected chi connectivity index (χ4v) is 2.44. The SMILES string of the molecule is Cc1cc(C)c(CNC2CC2)c(N(C)CCOC(C)C)n1. The van der Waals surface area contributed by atoms with Gasteiger partial charge in [0.2, 0.25) is 0 Å². The van der Waals surface area contributed by atoms with E-state index in [9.17, 15) is 0 Å². The lowest BCUT2D eigenvalue weighted by atomic mass is 10.1. The zero-order chi connectivity index (χ0) is 15.4. The van der Waals surface area contributed by atoms with Crippen molar-refractivity contribution in [3.8, 4) is 0 Å². The summed E-state index contributed by atoms with van der Waals surface area (Å²) >= 11 is 0. The molecule has 1 aromatic rings. The number of ether oxygens (including phenoxy) is 1. The number of nitrogens with zero attached hydrogens (tertiary/aromatic N) is 2. The lowest BCUT2D eigenvalue weighted by Crippen LogP contribution is -2.28. The molecule has 118 valence electrons. The van der Waals surface area contributed by atoms with E-state index in [2.05, 4.69) is 51.0 Å². The van der Waals surface area contributed by atoms with Crippen molar-refractivity contribution in [1.29, 1.82) is 0 Å². The van der Waals surface area contributed by atoms with Gasteiger partial charge in [0.1, 0.15) is 5.82 Å². The second kappa shape index (κ2) is 7.23. The summed E-state index contributed by atoms with van der Waals surface area (Å²) in [4.78, 5) is 6.97. The van der Waals surface area contributed by atoms with E-state index < -0.39 is 0 Å². The summed E-state index contributed by atoms with van der Waals surface area (Å²) in [6.45, 7) is 10.9. The van der Waals surface area contributed by atoms with Gasteiger partial charge in [0.25, 0.3) is 0 Å². The van der Waals surface area contributed by atoms with Gasteiger partial charge in [-0.2, -0.15) is 0 Å². The lowest BCUT2D eigenvalue weighted by Gasteiger charge is -2.24. The van der Waals surface area contributed by atoms with Crippen LogP contribution in [0.5, 0.6) is 0 Å². The normalized spacial score (nSPS) is 14.8. The van der Waals surface area contributed by atoms with E-state index in [-0.39, 0.29) is 6.10 Å². The molecule has 0 saturated heterocycles. The third kappa shape index (κ3) is 4.97. The molecule has 1 fully saturated rings. The maximum atomic E-state index is 5.66. The van der Waals surface area contributed by atoms with Gasteiger partial charge in [0.15, 0.2) is 0 Å². The number of anilines is 1. The van der Waals surface area contributed by atoms with Crippen LogP contribution in [0, 0.1) is 13.8 Å². The van der Waals surface area contributed by atoms with E-state index in [4.69, 9.17) is 9.72 Å². The van der Waals surface area contributed by atoms with Crippen molar-refractivity contribution < 1.29 is 4.74 Å². The lowest BCUT2D eigenvalue weighted by molar-refractivity contribution is 0.0845. The van der Waals surface area contributed by atoms with Crippen molar-refractivity contribution in [2.24, 2.45) is 0 Å². The minimum atomic E-state index is 0.279. The fraction of sp³-hybridized carbons (Fsp3) is 0.706. The highest BCUT2D eigenvalue weighted by Gasteiger charge is 2.22. The van der Waals surface area contributed by atoms with Crippen molar-refractivity contribution in [2.45, 2.75) is 59.2 Å². The number of hydrogen-bond donors (Lipinski definition) is 1. The van der Waals surface area contributed by atoms with E-state index >= 15 is 0 Å². The molecule has 0 aliphatic heterocycles. The highest BCUT2D eigenvalue weighted by Crippen LogP contribution is 2.24. The number of nitrogens with one attached hydrogen (secondary N) is 1. The van der Waals surface area contributed by atoms with Gasteiger partial charge in [0.05, 0.1) is 12.7 Å².